The predicted molar refractivity (Wildman–Crippen MR) is 123 cm³/mol. The summed E-state index contributed by atoms with van der Waals surface area (Å²) in [7, 11) is 1.50. The Morgan fingerprint density at radius 1 is 1.06 bits per heavy atom. The van der Waals surface area contributed by atoms with Crippen molar-refractivity contribution in [1.82, 2.24) is 15.3 Å². The van der Waals surface area contributed by atoms with Crippen LogP contribution in [0.15, 0.2) is 48.7 Å². The van der Waals surface area contributed by atoms with E-state index in [0.29, 0.717) is 40.2 Å². The van der Waals surface area contributed by atoms with Gasteiger partial charge in [-0.15, -0.1) is 0 Å². The number of nitrogens with one attached hydrogen (secondary N) is 1. The van der Waals surface area contributed by atoms with Gasteiger partial charge in [0.15, 0.2) is 0 Å². The number of amides is 1. The Morgan fingerprint density at radius 3 is 2.61 bits per heavy atom. The molecule has 0 bridgehead atoms. The van der Waals surface area contributed by atoms with Crippen molar-refractivity contribution in [1.29, 1.82) is 0 Å². The number of pyridine rings is 2. The second-order valence-electron chi connectivity index (χ2n) is 8.83. The van der Waals surface area contributed by atoms with Gasteiger partial charge in [0.05, 0.1) is 24.9 Å². The van der Waals surface area contributed by atoms with Gasteiger partial charge in [-0.1, -0.05) is 12.1 Å². The largest absolute Gasteiger partial charge is 0.496 e. The molecule has 168 valence electrons. The number of ether oxygens (including phenoxy) is 1. The zero-order chi connectivity index (χ0) is 22.5. The number of carbonyl (C=O) groups is 1. The Balaban J connectivity index is 1.34. The number of methoxy groups -OCH3 is 1. The van der Waals surface area contributed by atoms with Crippen LogP contribution in [-0.4, -0.2) is 49.2 Å². The zero-order valence-electron chi connectivity index (χ0n) is 18.3. The maximum atomic E-state index is 14.8. The van der Waals surface area contributed by atoms with Crippen LogP contribution in [0.3, 0.4) is 0 Å². The van der Waals surface area contributed by atoms with Gasteiger partial charge in [-0.3, -0.25) is 14.7 Å². The molecule has 2 saturated heterocycles. The molecule has 7 nitrogen and oxygen atoms in total. The molecular weight excluding hydrogens is 421 g/mol. The highest BCUT2D eigenvalue weighted by Crippen LogP contribution is 2.39. The first-order chi connectivity index (χ1) is 16.1. The third kappa shape index (κ3) is 3.24. The summed E-state index contributed by atoms with van der Waals surface area (Å²) >= 11 is 0. The number of carbonyl (C=O) groups excluding carboxylic acids is 1. The molecule has 1 amide bonds. The van der Waals surface area contributed by atoms with E-state index in [1.165, 1.54) is 13.2 Å². The standard InChI is InChI=1S/C25H24FN5O2/c1-33-20-5-2-4-19(26)23(20)24-18-14-31(25(32)17(18)8-9-28-24)22-7-3-6-21(29-22)30-12-15-10-27-11-16(15)13-30/h2-9,15-16,27H,10-14H2,1H3. The van der Waals surface area contributed by atoms with Gasteiger partial charge in [0.25, 0.3) is 5.91 Å². The Hall–Kier alpha value is -3.52. The van der Waals surface area contributed by atoms with Gasteiger partial charge >= 0.3 is 0 Å². The lowest BCUT2D eigenvalue weighted by Gasteiger charge is -2.21. The number of halogens is 1. The van der Waals surface area contributed by atoms with Gasteiger partial charge in [0.2, 0.25) is 0 Å². The van der Waals surface area contributed by atoms with E-state index in [0.717, 1.165) is 32.0 Å². The Bertz CT molecular complexity index is 1240. The smallest absolute Gasteiger partial charge is 0.260 e. The van der Waals surface area contributed by atoms with Gasteiger partial charge in [0.1, 0.15) is 23.2 Å². The minimum Gasteiger partial charge on any atom is -0.496 e. The number of fused-ring (bicyclic) bond motifs is 2. The summed E-state index contributed by atoms with van der Waals surface area (Å²) in [4.78, 5) is 26.6. The van der Waals surface area contributed by atoms with Crippen LogP contribution < -0.4 is 19.9 Å². The van der Waals surface area contributed by atoms with Crippen LogP contribution in [0.25, 0.3) is 11.3 Å². The van der Waals surface area contributed by atoms with E-state index in [2.05, 4.69) is 15.2 Å². The molecule has 0 aliphatic carbocycles. The first kappa shape index (κ1) is 20.1. The van der Waals surface area contributed by atoms with Crippen LogP contribution >= 0.6 is 0 Å². The monoisotopic (exact) mass is 445 g/mol. The minimum atomic E-state index is -0.435. The lowest BCUT2D eigenvalue weighted by molar-refractivity contribution is 0.0996. The molecule has 1 aromatic carbocycles. The lowest BCUT2D eigenvalue weighted by atomic mass is 10.0. The topological polar surface area (TPSA) is 70.6 Å². The van der Waals surface area contributed by atoms with E-state index in [1.807, 2.05) is 18.2 Å². The van der Waals surface area contributed by atoms with Crippen LogP contribution in [0.2, 0.25) is 0 Å². The summed E-state index contributed by atoms with van der Waals surface area (Å²) in [5, 5.41) is 3.46. The molecule has 3 aliphatic heterocycles. The molecule has 5 heterocycles. The maximum Gasteiger partial charge on any atom is 0.260 e. The molecule has 0 spiro atoms. The summed E-state index contributed by atoms with van der Waals surface area (Å²) < 4.78 is 20.2. The zero-order valence-corrected chi connectivity index (χ0v) is 18.3. The van der Waals surface area contributed by atoms with Gasteiger partial charge < -0.3 is 15.0 Å². The molecule has 2 fully saturated rings. The Labute approximate surface area is 191 Å². The van der Waals surface area contributed by atoms with Crippen LogP contribution in [0, 0.1) is 17.7 Å². The summed E-state index contributed by atoms with van der Waals surface area (Å²) in [5.41, 5.74) is 1.89. The molecule has 3 aromatic rings. The fourth-order valence-electron chi connectivity index (χ4n) is 5.31. The molecule has 33 heavy (non-hydrogen) atoms. The predicted octanol–water partition coefficient (Wildman–Crippen LogP) is 3.11. The second-order valence-corrected chi connectivity index (χ2v) is 8.83. The van der Waals surface area contributed by atoms with E-state index in [4.69, 9.17) is 9.72 Å². The van der Waals surface area contributed by atoms with Crippen molar-refractivity contribution in [2.75, 3.05) is 43.1 Å². The molecular formula is C25H24FN5O2. The summed E-state index contributed by atoms with van der Waals surface area (Å²) in [6.45, 7) is 4.33. The highest BCUT2D eigenvalue weighted by molar-refractivity contribution is 6.10. The summed E-state index contributed by atoms with van der Waals surface area (Å²) in [6, 6.07) is 12.1. The normalized spacial score (nSPS) is 21.5. The van der Waals surface area contributed by atoms with Crippen molar-refractivity contribution in [2.45, 2.75) is 6.54 Å². The highest BCUT2D eigenvalue weighted by atomic mass is 19.1. The number of hydrogen-bond acceptors (Lipinski definition) is 6. The maximum absolute atomic E-state index is 14.8. The van der Waals surface area contributed by atoms with E-state index in [1.54, 1.807) is 29.3 Å². The van der Waals surface area contributed by atoms with Gasteiger partial charge in [0, 0.05) is 43.5 Å². The molecule has 2 atom stereocenters. The van der Waals surface area contributed by atoms with Crippen molar-refractivity contribution in [3.05, 3.63) is 65.6 Å². The number of nitrogens with zero attached hydrogens (tertiary/aromatic N) is 4. The number of benzene rings is 1. The average molecular weight is 445 g/mol. The summed E-state index contributed by atoms with van der Waals surface area (Å²) in [5.74, 6) is 2.58. The Morgan fingerprint density at radius 2 is 1.82 bits per heavy atom. The third-order valence-electron chi connectivity index (χ3n) is 6.99. The van der Waals surface area contributed by atoms with E-state index in [-0.39, 0.29) is 18.0 Å². The SMILES string of the molecule is COc1cccc(F)c1-c1nccc2c1CN(c1cccc(N3CC4CNCC4C3)n1)C2=O. The van der Waals surface area contributed by atoms with Crippen LogP contribution in [0.1, 0.15) is 15.9 Å². The van der Waals surface area contributed by atoms with Crippen molar-refractivity contribution in [2.24, 2.45) is 11.8 Å². The van der Waals surface area contributed by atoms with Gasteiger partial charge in [-0.05, 0) is 42.2 Å². The van der Waals surface area contributed by atoms with Crippen molar-refractivity contribution in [3.8, 4) is 17.0 Å². The molecule has 8 heteroatoms. The summed E-state index contributed by atoms with van der Waals surface area (Å²) in [6.07, 6.45) is 1.54. The molecule has 6 rings (SSSR count). The second kappa shape index (κ2) is 7.81. The number of rotatable bonds is 4. The molecule has 2 aromatic heterocycles. The molecule has 2 unspecified atom stereocenters. The Kier molecular flexibility index (Phi) is 4.76. The highest BCUT2D eigenvalue weighted by Gasteiger charge is 2.37. The minimum absolute atomic E-state index is 0.156. The average Bonchev–Trinajstić information content (AvgIpc) is 3.53. The number of aromatic nitrogens is 2. The molecule has 3 aliphatic rings. The fourth-order valence-corrected chi connectivity index (χ4v) is 5.31. The first-order valence-electron chi connectivity index (χ1n) is 11.2. The molecule has 1 N–H and O–H groups in total. The van der Waals surface area contributed by atoms with Crippen LogP contribution in [-0.2, 0) is 6.54 Å². The lowest BCUT2D eigenvalue weighted by Crippen LogP contribution is -2.28. The van der Waals surface area contributed by atoms with Crippen molar-refractivity contribution >= 4 is 17.5 Å². The van der Waals surface area contributed by atoms with Gasteiger partial charge in [-0.25, -0.2) is 9.37 Å². The first-order valence-corrected chi connectivity index (χ1v) is 11.2. The fraction of sp³-hybridized carbons (Fsp3) is 0.320. The third-order valence-corrected chi connectivity index (χ3v) is 6.99. The van der Waals surface area contributed by atoms with Crippen LogP contribution in [0.4, 0.5) is 16.0 Å². The van der Waals surface area contributed by atoms with Gasteiger partial charge in [-0.2, -0.15) is 0 Å². The molecule has 0 saturated carbocycles. The van der Waals surface area contributed by atoms with Crippen molar-refractivity contribution in [3.63, 3.8) is 0 Å². The molecule has 0 radical (unpaired) electrons. The number of anilines is 2. The van der Waals surface area contributed by atoms with E-state index < -0.39 is 5.82 Å². The quantitative estimate of drug-likeness (QED) is 0.666. The van der Waals surface area contributed by atoms with Crippen LogP contribution in [0.5, 0.6) is 5.75 Å². The number of hydrogen-bond donors (Lipinski definition) is 1. The van der Waals surface area contributed by atoms with E-state index in [9.17, 15) is 9.18 Å². The van der Waals surface area contributed by atoms with E-state index >= 15 is 0 Å². The van der Waals surface area contributed by atoms with Crippen molar-refractivity contribution < 1.29 is 13.9 Å².